The maximum absolute atomic E-state index is 12.9. The molecule has 2 aromatic rings. The average molecular weight is 324 g/mol. The minimum absolute atomic E-state index is 0.0897. The van der Waals surface area contributed by atoms with Crippen molar-refractivity contribution in [3.8, 4) is 5.75 Å². The molecular weight excluding hydrogens is 311 g/mol. The van der Waals surface area contributed by atoms with E-state index in [9.17, 15) is 14.0 Å². The SMILES string of the molecule is O=C1C(=O)c2[nH]c(COc3ccc(F)cc3)nc2C2=CCCC=C12. The van der Waals surface area contributed by atoms with Crippen molar-refractivity contribution in [3.63, 3.8) is 0 Å². The Hall–Kier alpha value is -3.02. The van der Waals surface area contributed by atoms with E-state index in [4.69, 9.17) is 4.74 Å². The lowest BCUT2D eigenvalue weighted by Crippen LogP contribution is -2.25. The molecule has 0 spiro atoms. The summed E-state index contributed by atoms with van der Waals surface area (Å²) in [5, 5.41) is 0. The molecule has 1 heterocycles. The lowest BCUT2D eigenvalue weighted by atomic mass is 9.84. The number of aromatic nitrogens is 2. The van der Waals surface area contributed by atoms with Crippen LogP contribution in [0.25, 0.3) is 5.57 Å². The Kier molecular flexibility index (Phi) is 3.37. The number of ketones is 2. The number of imidazole rings is 1. The van der Waals surface area contributed by atoms with Crippen molar-refractivity contribution in [1.82, 2.24) is 9.97 Å². The van der Waals surface area contributed by atoms with E-state index in [-0.39, 0.29) is 18.1 Å². The molecule has 2 aliphatic rings. The first-order valence-electron chi connectivity index (χ1n) is 7.61. The topological polar surface area (TPSA) is 72.0 Å². The predicted octanol–water partition coefficient (Wildman–Crippen LogP) is 3.00. The smallest absolute Gasteiger partial charge is 0.251 e. The Morgan fingerprint density at radius 3 is 2.50 bits per heavy atom. The number of H-pyrrole nitrogens is 1. The number of carbonyl (C=O) groups excluding carboxylic acids is 2. The fourth-order valence-electron chi connectivity index (χ4n) is 2.88. The van der Waals surface area contributed by atoms with Crippen LogP contribution in [0.1, 0.15) is 34.8 Å². The Morgan fingerprint density at radius 1 is 1.04 bits per heavy atom. The van der Waals surface area contributed by atoms with Gasteiger partial charge in [0.1, 0.15) is 35.4 Å². The van der Waals surface area contributed by atoms with Gasteiger partial charge >= 0.3 is 0 Å². The van der Waals surface area contributed by atoms with E-state index in [1.54, 1.807) is 6.08 Å². The summed E-state index contributed by atoms with van der Waals surface area (Å²) in [6.07, 6.45) is 5.29. The van der Waals surface area contributed by atoms with Gasteiger partial charge in [-0.25, -0.2) is 9.37 Å². The van der Waals surface area contributed by atoms with Gasteiger partial charge in [-0.05, 0) is 37.1 Å². The Morgan fingerprint density at radius 2 is 1.75 bits per heavy atom. The molecule has 0 fully saturated rings. The number of fused-ring (bicyclic) bond motifs is 3. The van der Waals surface area contributed by atoms with Crippen LogP contribution in [-0.4, -0.2) is 21.5 Å². The Balaban J connectivity index is 1.62. The van der Waals surface area contributed by atoms with Crippen LogP contribution in [0.15, 0.2) is 42.0 Å². The fraction of sp³-hybridized carbons (Fsp3) is 0.167. The zero-order valence-corrected chi connectivity index (χ0v) is 12.6. The molecule has 5 nitrogen and oxygen atoms in total. The van der Waals surface area contributed by atoms with E-state index in [0.717, 1.165) is 12.8 Å². The summed E-state index contributed by atoms with van der Waals surface area (Å²) < 4.78 is 18.4. The highest BCUT2D eigenvalue weighted by molar-refractivity contribution is 6.54. The molecule has 2 aliphatic carbocycles. The molecule has 4 rings (SSSR count). The predicted molar refractivity (Wildman–Crippen MR) is 84.0 cm³/mol. The maximum atomic E-state index is 12.9. The van der Waals surface area contributed by atoms with Crippen molar-refractivity contribution in [1.29, 1.82) is 0 Å². The number of ether oxygens (including phenoxy) is 1. The molecular formula is C18H13FN2O3. The van der Waals surface area contributed by atoms with Gasteiger partial charge in [0.15, 0.2) is 0 Å². The number of aromatic amines is 1. The zero-order valence-electron chi connectivity index (χ0n) is 12.6. The van der Waals surface area contributed by atoms with Gasteiger partial charge in [0, 0.05) is 11.1 Å². The van der Waals surface area contributed by atoms with Gasteiger partial charge < -0.3 is 9.72 Å². The molecule has 1 N–H and O–H groups in total. The van der Waals surface area contributed by atoms with Crippen molar-refractivity contribution in [2.45, 2.75) is 19.4 Å². The molecule has 0 saturated heterocycles. The first kappa shape index (κ1) is 14.6. The van der Waals surface area contributed by atoms with Crippen molar-refractivity contribution < 1.29 is 18.7 Å². The zero-order chi connectivity index (χ0) is 16.7. The molecule has 1 aromatic heterocycles. The number of halogens is 1. The second kappa shape index (κ2) is 5.56. The summed E-state index contributed by atoms with van der Waals surface area (Å²) in [5.41, 5.74) is 1.87. The highest BCUT2D eigenvalue weighted by atomic mass is 19.1. The first-order chi connectivity index (χ1) is 11.6. The summed E-state index contributed by atoms with van der Waals surface area (Å²) in [6, 6.07) is 5.62. The van der Waals surface area contributed by atoms with Crippen LogP contribution in [0.2, 0.25) is 0 Å². The molecule has 1 aromatic carbocycles. The fourth-order valence-corrected chi connectivity index (χ4v) is 2.88. The number of allylic oxidation sites excluding steroid dienone is 4. The molecule has 0 amide bonds. The lowest BCUT2D eigenvalue weighted by Gasteiger charge is -2.18. The molecule has 0 saturated carbocycles. The second-order valence-electron chi connectivity index (χ2n) is 5.62. The monoisotopic (exact) mass is 324 g/mol. The van der Waals surface area contributed by atoms with E-state index in [1.807, 2.05) is 6.08 Å². The molecule has 6 heteroatoms. The number of benzene rings is 1. The van der Waals surface area contributed by atoms with Crippen LogP contribution < -0.4 is 4.74 Å². The van der Waals surface area contributed by atoms with E-state index >= 15 is 0 Å². The minimum Gasteiger partial charge on any atom is -0.486 e. The van der Waals surface area contributed by atoms with Gasteiger partial charge in [-0.3, -0.25) is 9.59 Å². The third-order valence-corrected chi connectivity index (χ3v) is 4.03. The number of hydrogen-bond acceptors (Lipinski definition) is 4. The summed E-state index contributed by atoms with van der Waals surface area (Å²) in [4.78, 5) is 31.7. The second-order valence-corrected chi connectivity index (χ2v) is 5.62. The molecule has 0 unspecified atom stereocenters. The summed E-state index contributed by atoms with van der Waals surface area (Å²) >= 11 is 0. The van der Waals surface area contributed by atoms with Gasteiger partial charge in [0.2, 0.25) is 5.78 Å². The molecule has 0 aliphatic heterocycles. The summed E-state index contributed by atoms with van der Waals surface area (Å²) in [6.45, 7) is 0.0897. The van der Waals surface area contributed by atoms with Crippen LogP contribution in [0.5, 0.6) is 5.75 Å². The Labute approximate surface area is 136 Å². The lowest BCUT2D eigenvalue weighted by molar-refractivity contribution is -0.111. The molecule has 24 heavy (non-hydrogen) atoms. The number of carbonyl (C=O) groups is 2. The number of nitrogens with one attached hydrogen (secondary N) is 1. The van der Waals surface area contributed by atoms with Gasteiger partial charge in [0.25, 0.3) is 5.78 Å². The number of rotatable bonds is 3. The third kappa shape index (κ3) is 2.36. The molecule has 0 bridgehead atoms. The normalized spacial score (nSPS) is 16.2. The summed E-state index contributed by atoms with van der Waals surface area (Å²) in [5.74, 6) is -0.480. The van der Waals surface area contributed by atoms with Crippen LogP contribution in [-0.2, 0) is 11.4 Å². The summed E-state index contributed by atoms with van der Waals surface area (Å²) in [7, 11) is 0. The Bertz CT molecular complexity index is 907. The highest BCUT2D eigenvalue weighted by Crippen LogP contribution is 2.35. The van der Waals surface area contributed by atoms with Gasteiger partial charge in [0.05, 0.1) is 0 Å². The van der Waals surface area contributed by atoms with E-state index in [0.29, 0.717) is 28.4 Å². The van der Waals surface area contributed by atoms with Crippen molar-refractivity contribution in [2.24, 2.45) is 0 Å². The molecule has 120 valence electrons. The van der Waals surface area contributed by atoms with Crippen molar-refractivity contribution in [3.05, 3.63) is 65.0 Å². The molecule has 0 atom stereocenters. The minimum atomic E-state index is -0.573. The number of nitrogens with zero attached hydrogens (tertiary/aromatic N) is 1. The maximum Gasteiger partial charge on any atom is 0.251 e. The third-order valence-electron chi connectivity index (χ3n) is 4.03. The van der Waals surface area contributed by atoms with E-state index in [1.165, 1.54) is 24.3 Å². The first-order valence-corrected chi connectivity index (χ1v) is 7.61. The van der Waals surface area contributed by atoms with Crippen LogP contribution in [0.4, 0.5) is 4.39 Å². The van der Waals surface area contributed by atoms with Crippen LogP contribution >= 0.6 is 0 Å². The number of hydrogen-bond donors (Lipinski definition) is 1. The standard InChI is InChI=1S/C18H13FN2O3/c19-10-5-7-11(8-6-10)24-9-14-20-15-12-3-1-2-4-13(12)17(22)18(23)16(15)21-14/h3-8H,1-2,9H2,(H,20,21). The van der Waals surface area contributed by atoms with Crippen molar-refractivity contribution >= 4 is 17.1 Å². The van der Waals surface area contributed by atoms with E-state index < -0.39 is 11.6 Å². The van der Waals surface area contributed by atoms with Gasteiger partial charge in [-0.1, -0.05) is 12.2 Å². The largest absolute Gasteiger partial charge is 0.486 e. The average Bonchev–Trinajstić information content (AvgIpc) is 3.04. The van der Waals surface area contributed by atoms with Gasteiger partial charge in [-0.2, -0.15) is 0 Å². The highest BCUT2D eigenvalue weighted by Gasteiger charge is 2.36. The molecule has 0 radical (unpaired) electrons. The quantitative estimate of drug-likeness (QED) is 0.881. The van der Waals surface area contributed by atoms with Crippen molar-refractivity contribution in [2.75, 3.05) is 0 Å². The van der Waals surface area contributed by atoms with E-state index in [2.05, 4.69) is 9.97 Å². The van der Waals surface area contributed by atoms with Crippen LogP contribution in [0, 0.1) is 5.82 Å². The van der Waals surface area contributed by atoms with Gasteiger partial charge in [-0.15, -0.1) is 0 Å². The van der Waals surface area contributed by atoms with Crippen LogP contribution in [0.3, 0.4) is 0 Å². The number of Topliss-reactive ketones (excluding diaryl/α,β-unsaturated/α-hetero) is 2.